The highest BCUT2D eigenvalue weighted by Crippen LogP contribution is 2.38. The highest BCUT2D eigenvalue weighted by molar-refractivity contribution is 14.1. The van der Waals surface area contributed by atoms with Crippen LogP contribution in [-0.4, -0.2) is 23.2 Å². The summed E-state index contributed by atoms with van der Waals surface area (Å²) >= 11 is 7.33. The molecule has 0 unspecified atom stereocenters. The lowest BCUT2D eigenvalue weighted by atomic mass is 9.94. The molecule has 0 aliphatic carbocycles. The summed E-state index contributed by atoms with van der Waals surface area (Å²) in [4.78, 5) is 13.0. The van der Waals surface area contributed by atoms with E-state index in [0.29, 0.717) is 32.2 Å². The van der Waals surface area contributed by atoms with Crippen molar-refractivity contribution in [1.82, 2.24) is 16.0 Å². The summed E-state index contributed by atoms with van der Waals surface area (Å²) < 4.78 is 5.77. The molecule has 0 bridgehead atoms. The van der Waals surface area contributed by atoms with Crippen molar-refractivity contribution in [3.63, 3.8) is 0 Å². The van der Waals surface area contributed by atoms with E-state index in [9.17, 15) is 9.90 Å². The van der Waals surface area contributed by atoms with E-state index in [1.807, 2.05) is 65.9 Å². The molecule has 0 fully saturated rings. The molecule has 146 valence electrons. The fourth-order valence-corrected chi connectivity index (χ4v) is 4.08. The van der Waals surface area contributed by atoms with Crippen LogP contribution in [0.15, 0.2) is 53.7 Å². The molecule has 3 rings (SSSR count). The summed E-state index contributed by atoms with van der Waals surface area (Å²) in [6, 6.07) is 12.7. The molecular formula is C20H20IN3O3S. The zero-order valence-corrected chi connectivity index (χ0v) is 18.3. The van der Waals surface area contributed by atoms with E-state index in [4.69, 9.17) is 17.0 Å². The molecule has 1 heterocycles. The Hall–Kier alpha value is -2.33. The van der Waals surface area contributed by atoms with Crippen LogP contribution in [0.2, 0.25) is 0 Å². The fourth-order valence-electron chi connectivity index (χ4n) is 3.05. The molecule has 1 amide bonds. The first kappa shape index (κ1) is 20.4. The first-order chi connectivity index (χ1) is 13.4. The third kappa shape index (κ3) is 4.22. The maximum Gasteiger partial charge on any atom is 0.251 e. The lowest BCUT2D eigenvalue weighted by Gasteiger charge is -2.31. The van der Waals surface area contributed by atoms with E-state index in [-0.39, 0.29) is 11.7 Å². The molecule has 0 saturated heterocycles. The molecule has 1 aliphatic rings. The number of phenols is 1. The minimum atomic E-state index is -0.492. The van der Waals surface area contributed by atoms with Crippen LogP contribution in [0.3, 0.4) is 0 Å². The van der Waals surface area contributed by atoms with Gasteiger partial charge in [0, 0.05) is 12.2 Å². The van der Waals surface area contributed by atoms with E-state index < -0.39 is 6.04 Å². The van der Waals surface area contributed by atoms with Gasteiger partial charge in [-0.15, -0.1) is 0 Å². The van der Waals surface area contributed by atoms with Crippen LogP contribution in [0.1, 0.15) is 24.1 Å². The normalized spacial score (nSPS) is 16.2. The average Bonchev–Trinajstić information content (AvgIpc) is 2.68. The Balaban J connectivity index is 1.93. The maximum absolute atomic E-state index is 13.0. The zero-order chi connectivity index (χ0) is 20.3. The predicted molar refractivity (Wildman–Crippen MR) is 120 cm³/mol. The van der Waals surface area contributed by atoms with Crippen molar-refractivity contribution in [2.75, 3.05) is 7.11 Å². The lowest BCUT2D eigenvalue weighted by Crippen LogP contribution is -2.47. The highest BCUT2D eigenvalue weighted by atomic mass is 127. The largest absolute Gasteiger partial charge is 0.504 e. The summed E-state index contributed by atoms with van der Waals surface area (Å²) in [5.41, 5.74) is 2.94. The Bertz CT molecular complexity index is 947. The SMILES string of the molecule is COc1ccc([C@@H]2NC(=S)NC(C)=C2C(=O)NCc2ccccc2)c(I)c1O. The second-order valence-electron chi connectivity index (χ2n) is 6.26. The number of ether oxygens (including phenoxy) is 1. The van der Waals surface area contributed by atoms with Gasteiger partial charge in [0.05, 0.1) is 22.3 Å². The van der Waals surface area contributed by atoms with Crippen molar-refractivity contribution in [2.45, 2.75) is 19.5 Å². The molecule has 1 atom stereocenters. The van der Waals surface area contributed by atoms with E-state index in [2.05, 4.69) is 16.0 Å². The molecule has 2 aromatic rings. The third-order valence-electron chi connectivity index (χ3n) is 4.45. The van der Waals surface area contributed by atoms with Gasteiger partial charge in [-0.1, -0.05) is 36.4 Å². The summed E-state index contributed by atoms with van der Waals surface area (Å²) in [5.74, 6) is 0.203. The van der Waals surface area contributed by atoms with Crippen molar-refractivity contribution < 1.29 is 14.6 Å². The van der Waals surface area contributed by atoms with E-state index >= 15 is 0 Å². The second kappa shape index (κ2) is 8.78. The molecule has 0 radical (unpaired) electrons. The van der Waals surface area contributed by atoms with Gasteiger partial charge in [-0.3, -0.25) is 4.79 Å². The number of phenolic OH excluding ortho intramolecular Hbond substituents is 1. The van der Waals surface area contributed by atoms with Gasteiger partial charge in [0.2, 0.25) is 0 Å². The molecule has 8 heteroatoms. The van der Waals surface area contributed by atoms with Gasteiger partial charge in [0.15, 0.2) is 16.6 Å². The first-order valence-corrected chi connectivity index (χ1v) is 10.1. The lowest BCUT2D eigenvalue weighted by molar-refractivity contribution is -0.118. The number of rotatable bonds is 5. The smallest absolute Gasteiger partial charge is 0.251 e. The summed E-state index contributed by atoms with van der Waals surface area (Å²) in [7, 11) is 1.50. The van der Waals surface area contributed by atoms with Crippen molar-refractivity contribution in [1.29, 1.82) is 0 Å². The molecule has 2 aromatic carbocycles. The molecule has 28 heavy (non-hydrogen) atoms. The number of methoxy groups -OCH3 is 1. The van der Waals surface area contributed by atoms with E-state index in [1.165, 1.54) is 7.11 Å². The maximum atomic E-state index is 13.0. The number of amides is 1. The molecule has 0 aromatic heterocycles. The van der Waals surface area contributed by atoms with Crippen molar-refractivity contribution in [3.8, 4) is 11.5 Å². The van der Waals surface area contributed by atoms with Gasteiger partial charge in [-0.25, -0.2) is 0 Å². The fraction of sp³-hybridized carbons (Fsp3) is 0.200. The van der Waals surface area contributed by atoms with E-state index in [1.54, 1.807) is 6.07 Å². The summed E-state index contributed by atoms with van der Waals surface area (Å²) in [6.07, 6.45) is 0. The number of carbonyl (C=O) groups is 1. The van der Waals surface area contributed by atoms with Crippen LogP contribution < -0.4 is 20.7 Å². The van der Waals surface area contributed by atoms with Crippen molar-refractivity contribution >= 4 is 45.8 Å². The molecule has 6 nitrogen and oxygen atoms in total. The first-order valence-electron chi connectivity index (χ1n) is 8.58. The van der Waals surface area contributed by atoms with Crippen LogP contribution in [-0.2, 0) is 11.3 Å². The van der Waals surface area contributed by atoms with Crippen molar-refractivity contribution in [2.24, 2.45) is 0 Å². The predicted octanol–water partition coefficient (Wildman–Crippen LogP) is 3.11. The standard InChI is InChI=1S/C20H20IN3O3S/c1-11-15(19(26)22-10-12-6-4-3-5-7-12)17(24-20(28)23-11)13-8-9-14(27-2)18(25)16(13)21/h3-9,17,25H,10H2,1-2H3,(H,22,26)(H2,23,24,28)/t17-/m0/s1. The monoisotopic (exact) mass is 509 g/mol. The number of thiocarbonyl (C=S) groups is 1. The second-order valence-corrected chi connectivity index (χ2v) is 7.75. The number of hydrogen-bond donors (Lipinski definition) is 4. The number of hydrogen-bond acceptors (Lipinski definition) is 4. The molecule has 0 saturated carbocycles. The number of benzene rings is 2. The number of allylic oxidation sites excluding steroid dienone is 1. The Kier molecular flexibility index (Phi) is 6.40. The van der Waals surface area contributed by atoms with E-state index in [0.717, 1.165) is 11.1 Å². The minimum Gasteiger partial charge on any atom is -0.504 e. The van der Waals surface area contributed by atoms with Gasteiger partial charge in [0.1, 0.15) is 0 Å². The van der Waals surface area contributed by atoms with Gasteiger partial charge in [-0.2, -0.15) is 0 Å². The van der Waals surface area contributed by atoms with Crippen LogP contribution in [0.5, 0.6) is 11.5 Å². The van der Waals surface area contributed by atoms with Crippen LogP contribution in [0.25, 0.3) is 0 Å². The number of aromatic hydroxyl groups is 1. The molecule has 0 spiro atoms. The zero-order valence-electron chi connectivity index (χ0n) is 15.4. The Labute approximate surface area is 182 Å². The molecular weight excluding hydrogens is 489 g/mol. The number of carbonyl (C=O) groups excluding carboxylic acids is 1. The highest BCUT2D eigenvalue weighted by Gasteiger charge is 2.32. The Morgan fingerprint density at radius 3 is 2.68 bits per heavy atom. The third-order valence-corrected chi connectivity index (χ3v) is 5.80. The van der Waals surface area contributed by atoms with Gasteiger partial charge in [-0.05, 0) is 58.9 Å². The van der Waals surface area contributed by atoms with Gasteiger partial charge < -0.3 is 25.8 Å². The van der Waals surface area contributed by atoms with Gasteiger partial charge >= 0.3 is 0 Å². The van der Waals surface area contributed by atoms with Crippen molar-refractivity contribution in [3.05, 3.63) is 68.4 Å². The van der Waals surface area contributed by atoms with Crippen LogP contribution >= 0.6 is 34.8 Å². The topological polar surface area (TPSA) is 82.6 Å². The summed E-state index contributed by atoms with van der Waals surface area (Å²) in [5, 5.41) is 19.9. The van der Waals surface area contributed by atoms with Gasteiger partial charge in [0.25, 0.3) is 5.91 Å². The molecule has 1 aliphatic heterocycles. The Morgan fingerprint density at radius 2 is 2.00 bits per heavy atom. The molecule has 4 N–H and O–H groups in total. The number of halogens is 1. The average molecular weight is 509 g/mol. The van der Waals surface area contributed by atoms with Crippen LogP contribution in [0, 0.1) is 3.57 Å². The summed E-state index contributed by atoms with van der Waals surface area (Å²) in [6.45, 7) is 2.23. The quantitative estimate of drug-likeness (QED) is 0.367. The van der Waals surface area contributed by atoms with Crippen LogP contribution in [0.4, 0.5) is 0 Å². The Morgan fingerprint density at radius 1 is 1.29 bits per heavy atom. The number of nitrogens with one attached hydrogen (secondary N) is 3. The minimum absolute atomic E-state index is 0.0357.